The highest BCUT2D eigenvalue weighted by molar-refractivity contribution is 7.92. The third-order valence-electron chi connectivity index (χ3n) is 2.34. The smallest absolute Gasteiger partial charge is 0.261 e. The number of nitrogens with one attached hydrogen (secondary N) is 1. The predicted octanol–water partition coefficient (Wildman–Crippen LogP) is 3.50. The Labute approximate surface area is 120 Å². The van der Waals surface area contributed by atoms with Crippen molar-refractivity contribution < 1.29 is 13.5 Å². The Kier molecular flexibility index (Phi) is 3.89. The van der Waals surface area contributed by atoms with Crippen molar-refractivity contribution in [3.05, 3.63) is 52.5 Å². The first kappa shape index (κ1) is 14.0. The van der Waals surface area contributed by atoms with E-state index in [9.17, 15) is 8.42 Å². The molecule has 0 aliphatic rings. The van der Waals surface area contributed by atoms with Gasteiger partial charge in [0.15, 0.2) is 0 Å². The first-order valence-corrected chi connectivity index (χ1v) is 7.40. The maximum absolute atomic E-state index is 12.1. The van der Waals surface area contributed by atoms with Crippen LogP contribution in [0.4, 0.5) is 5.69 Å². The van der Waals surface area contributed by atoms with Gasteiger partial charge in [0, 0.05) is 0 Å². The maximum Gasteiger partial charge on any atom is 0.261 e. The summed E-state index contributed by atoms with van der Waals surface area (Å²) in [5.74, 6) is -0.0141. The summed E-state index contributed by atoms with van der Waals surface area (Å²) < 4.78 is 26.5. The van der Waals surface area contributed by atoms with E-state index in [0.717, 1.165) is 0 Å². The van der Waals surface area contributed by atoms with Crippen LogP contribution in [0.25, 0.3) is 0 Å². The number of rotatable bonds is 3. The van der Waals surface area contributed by atoms with Crippen molar-refractivity contribution in [2.75, 3.05) is 4.72 Å². The number of phenols is 1. The van der Waals surface area contributed by atoms with Gasteiger partial charge in [-0.3, -0.25) is 4.72 Å². The summed E-state index contributed by atoms with van der Waals surface area (Å²) in [6, 6.07) is 9.80. The Morgan fingerprint density at radius 1 is 1.00 bits per heavy atom. The molecule has 100 valence electrons. The van der Waals surface area contributed by atoms with Crippen LogP contribution in [0.2, 0.25) is 10.0 Å². The summed E-state index contributed by atoms with van der Waals surface area (Å²) in [6.45, 7) is 0. The second kappa shape index (κ2) is 5.28. The monoisotopic (exact) mass is 317 g/mol. The molecule has 0 fully saturated rings. The van der Waals surface area contributed by atoms with Crippen LogP contribution < -0.4 is 4.72 Å². The topological polar surface area (TPSA) is 66.4 Å². The summed E-state index contributed by atoms with van der Waals surface area (Å²) in [5, 5.41) is 9.53. The first-order chi connectivity index (χ1) is 8.90. The van der Waals surface area contributed by atoms with Gasteiger partial charge in [0.05, 0.1) is 20.6 Å². The Bertz CT molecular complexity index is 699. The zero-order valence-corrected chi connectivity index (χ0v) is 11.8. The summed E-state index contributed by atoms with van der Waals surface area (Å²) in [7, 11) is -3.77. The molecular formula is C12H9Cl2NO3S. The Balaban J connectivity index is 2.36. The lowest BCUT2D eigenvalue weighted by molar-refractivity contribution is 0.475. The van der Waals surface area contributed by atoms with Crippen molar-refractivity contribution in [1.29, 1.82) is 0 Å². The highest BCUT2D eigenvalue weighted by atomic mass is 35.5. The molecule has 19 heavy (non-hydrogen) atoms. The average Bonchev–Trinajstić information content (AvgIpc) is 2.35. The van der Waals surface area contributed by atoms with Crippen LogP contribution in [0.15, 0.2) is 47.4 Å². The minimum atomic E-state index is -3.77. The Morgan fingerprint density at radius 2 is 1.63 bits per heavy atom. The number of hydrogen-bond acceptors (Lipinski definition) is 3. The normalized spacial score (nSPS) is 11.3. The molecular weight excluding hydrogens is 309 g/mol. The van der Waals surface area contributed by atoms with Crippen molar-refractivity contribution in [1.82, 2.24) is 0 Å². The second-order valence-electron chi connectivity index (χ2n) is 3.70. The standard InChI is InChI=1S/C12H9Cl2NO3S/c13-10-2-1-3-11(12(10)14)15-19(17,18)9-6-4-8(16)5-7-9/h1-7,15-16H. The summed E-state index contributed by atoms with van der Waals surface area (Å²) in [4.78, 5) is 0.0151. The number of anilines is 1. The molecule has 2 aromatic carbocycles. The van der Waals surface area contributed by atoms with Gasteiger partial charge in [-0.15, -0.1) is 0 Å². The fourth-order valence-electron chi connectivity index (χ4n) is 1.41. The quantitative estimate of drug-likeness (QED) is 0.910. The Morgan fingerprint density at radius 3 is 2.26 bits per heavy atom. The molecule has 0 aliphatic carbocycles. The minimum absolute atomic E-state index is 0.0141. The summed E-state index contributed by atoms with van der Waals surface area (Å²) in [6.07, 6.45) is 0. The molecule has 0 saturated carbocycles. The van der Waals surface area contributed by atoms with E-state index in [4.69, 9.17) is 28.3 Å². The third kappa shape index (κ3) is 3.12. The van der Waals surface area contributed by atoms with Crippen LogP contribution in [0.3, 0.4) is 0 Å². The van der Waals surface area contributed by atoms with Crippen LogP contribution in [0.1, 0.15) is 0 Å². The molecule has 2 rings (SSSR count). The summed E-state index contributed by atoms with van der Waals surface area (Å²) in [5.41, 5.74) is 0.197. The fraction of sp³-hybridized carbons (Fsp3) is 0. The van der Waals surface area contributed by atoms with Crippen molar-refractivity contribution >= 4 is 38.9 Å². The molecule has 0 heterocycles. The van der Waals surface area contributed by atoms with Gasteiger partial charge in [-0.2, -0.15) is 0 Å². The average molecular weight is 318 g/mol. The molecule has 2 N–H and O–H groups in total. The van der Waals surface area contributed by atoms with Gasteiger partial charge in [-0.25, -0.2) is 8.42 Å². The number of halogens is 2. The number of sulfonamides is 1. The van der Waals surface area contributed by atoms with E-state index in [2.05, 4.69) is 4.72 Å². The lowest BCUT2D eigenvalue weighted by Crippen LogP contribution is -2.13. The number of benzene rings is 2. The van der Waals surface area contributed by atoms with E-state index in [1.54, 1.807) is 12.1 Å². The van der Waals surface area contributed by atoms with Gasteiger partial charge in [-0.05, 0) is 36.4 Å². The van der Waals surface area contributed by atoms with Crippen molar-refractivity contribution in [2.45, 2.75) is 4.90 Å². The van der Waals surface area contributed by atoms with Crippen LogP contribution in [0, 0.1) is 0 Å². The van der Waals surface area contributed by atoms with Gasteiger partial charge in [-0.1, -0.05) is 29.3 Å². The Hall–Kier alpha value is -1.43. The van der Waals surface area contributed by atoms with Crippen LogP contribution in [0.5, 0.6) is 5.75 Å². The molecule has 0 amide bonds. The van der Waals surface area contributed by atoms with Crippen molar-refractivity contribution in [3.8, 4) is 5.75 Å². The number of phenolic OH excluding ortho intramolecular Hbond substituents is 1. The van der Waals surface area contributed by atoms with Crippen LogP contribution in [-0.2, 0) is 10.0 Å². The largest absolute Gasteiger partial charge is 0.508 e. The van der Waals surface area contributed by atoms with Gasteiger partial charge < -0.3 is 5.11 Å². The van der Waals surface area contributed by atoms with E-state index >= 15 is 0 Å². The van der Waals surface area contributed by atoms with E-state index in [-0.39, 0.29) is 26.4 Å². The minimum Gasteiger partial charge on any atom is -0.508 e. The van der Waals surface area contributed by atoms with E-state index in [1.807, 2.05) is 0 Å². The second-order valence-corrected chi connectivity index (χ2v) is 6.17. The predicted molar refractivity (Wildman–Crippen MR) is 75.4 cm³/mol. The lowest BCUT2D eigenvalue weighted by Gasteiger charge is -2.10. The van der Waals surface area contributed by atoms with Crippen molar-refractivity contribution in [3.63, 3.8) is 0 Å². The number of aromatic hydroxyl groups is 1. The zero-order chi connectivity index (χ0) is 14.0. The lowest BCUT2D eigenvalue weighted by atomic mass is 10.3. The molecule has 4 nitrogen and oxygen atoms in total. The molecule has 0 aromatic heterocycles. The molecule has 0 saturated heterocycles. The van der Waals surface area contributed by atoms with Gasteiger partial charge in [0.25, 0.3) is 10.0 Å². The molecule has 0 aliphatic heterocycles. The molecule has 0 atom stereocenters. The van der Waals surface area contributed by atoms with Gasteiger partial charge in [0.1, 0.15) is 5.75 Å². The first-order valence-electron chi connectivity index (χ1n) is 5.16. The van der Waals surface area contributed by atoms with Gasteiger partial charge in [0.2, 0.25) is 0 Å². The SMILES string of the molecule is O=S(=O)(Nc1cccc(Cl)c1Cl)c1ccc(O)cc1. The highest BCUT2D eigenvalue weighted by Crippen LogP contribution is 2.31. The molecule has 0 radical (unpaired) electrons. The van der Waals surface area contributed by atoms with Crippen LogP contribution >= 0.6 is 23.2 Å². The molecule has 0 unspecified atom stereocenters. The fourth-order valence-corrected chi connectivity index (χ4v) is 2.89. The van der Waals surface area contributed by atoms with Crippen molar-refractivity contribution in [2.24, 2.45) is 0 Å². The zero-order valence-electron chi connectivity index (χ0n) is 9.47. The van der Waals surface area contributed by atoms with E-state index < -0.39 is 10.0 Å². The molecule has 2 aromatic rings. The highest BCUT2D eigenvalue weighted by Gasteiger charge is 2.16. The molecule has 0 spiro atoms. The van der Waals surface area contributed by atoms with E-state index in [0.29, 0.717) is 0 Å². The van der Waals surface area contributed by atoms with E-state index in [1.165, 1.54) is 30.3 Å². The third-order valence-corrected chi connectivity index (χ3v) is 4.54. The molecule has 7 heteroatoms. The summed E-state index contributed by atoms with van der Waals surface area (Å²) >= 11 is 11.7. The maximum atomic E-state index is 12.1. The molecule has 0 bridgehead atoms. The van der Waals surface area contributed by atoms with Gasteiger partial charge >= 0.3 is 0 Å². The van der Waals surface area contributed by atoms with Crippen LogP contribution in [-0.4, -0.2) is 13.5 Å². The number of hydrogen-bond donors (Lipinski definition) is 2.